The van der Waals surface area contributed by atoms with Crippen molar-refractivity contribution in [3.8, 4) is 0 Å². The van der Waals surface area contributed by atoms with Crippen LogP contribution in [0.1, 0.15) is 64.0 Å². The summed E-state index contributed by atoms with van der Waals surface area (Å²) in [5.74, 6) is 0. The molecule has 1 aromatic carbocycles. The van der Waals surface area contributed by atoms with Crippen LogP contribution < -0.4 is 5.32 Å². The fourth-order valence-corrected chi connectivity index (χ4v) is 2.25. The Labute approximate surface area is 113 Å². The minimum absolute atomic E-state index is 0.683. The van der Waals surface area contributed by atoms with E-state index in [2.05, 4.69) is 50.4 Å². The Balaban J connectivity index is 2.32. The van der Waals surface area contributed by atoms with Gasteiger partial charge in [-0.15, -0.1) is 0 Å². The molecule has 0 bridgehead atoms. The molecule has 1 rings (SSSR count). The second-order valence-electron chi connectivity index (χ2n) is 5.15. The van der Waals surface area contributed by atoms with E-state index >= 15 is 0 Å². The van der Waals surface area contributed by atoms with Crippen LogP contribution in [0.15, 0.2) is 24.3 Å². The molecule has 0 saturated carbocycles. The molecule has 0 saturated heterocycles. The first-order valence-electron chi connectivity index (χ1n) is 7.61. The van der Waals surface area contributed by atoms with Crippen molar-refractivity contribution in [1.29, 1.82) is 0 Å². The van der Waals surface area contributed by atoms with E-state index in [1.165, 1.54) is 43.2 Å². The summed E-state index contributed by atoms with van der Waals surface area (Å²) in [6.07, 6.45) is 7.71. The second kappa shape index (κ2) is 9.16. The van der Waals surface area contributed by atoms with Crippen LogP contribution in [0.2, 0.25) is 0 Å². The number of hydrogen-bond donors (Lipinski definition) is 1. The van der Waals surface area contributed by atoms with Gasteiger partial charge >= 0.3 is 0 Å². The molecule has 18 heavy (non-hydrogen) atoms. The zero-order chi connectivity index (χ0) is 13.2. The van der Waals surface area contributed by atoms with Gasteiger partial charge in [0.05, 0.1) is 0 Å². The first-order valence-corrected chi connectivity index (χ1v) is 7.61. The third kappa shape index (κ3) is 5.68. The fraction of sp³-hybridized carbons (Fsp3) is 0.647. The smallest absolute Gasteiger partial charge is 0.0208 e. The number of benzene rings is 1. The van der Waals surface area contributed by atoms with Crippen LogP contribution >= 0.6 is 0 Å². The molecule has 0 aromatic heterocycles. The lowest BCUT2D eigenvalue weighted by atomic mass is 10.1. The minimum atomic E-state index is 0.683. The van der Waals surface area contributed by atoms with Gasteiger partial charge in [0.2, 0.25) is 0 Å². The Morgan fingerprint density at radius 2 is 1.61 bits per heavy atom. The van der Waals surface area contributed by atoms with Gasteiger partial charge in [-0.2, -0.15) is 0 Å². The van der Waals surface area contributed by atoms with E-state index in [9.17, 15) is 0 Å². The first-order chi connectivity index (χ1) is 8.80. The van der Waals surface area contributed by atoms with Crippen LogP contribution in [0.4, 0.5) is 0 Å². The Morgan fingerprint density at radius 3 is 2.17 bits per heavy atom. The van der Waals surface area contributed by atoms with Crippen molar-refractivity contribution in [2.75, 3.05) is 0 Å². The van der Waals surface area contributed by atoms with Crippen LogP contribution in [0, 0.1) is 0 Å². The van der Waals surface area contributed by atoms with Crippen LogP contribution in [-0.2, 0) is 13.0 Å². The van der Waals surface area contributed by atoms with E-state index in [0.29, 0.717) is 6.04 Å². The van der Waals surface area contributed by atoms with Crippen molar-refractivity contribution in [2.24, 2.45) is 0 Å². The molecular formula is C17H29N. The monoisotopic (exact) mass is 247 g/mol. The lowest BCUT2D eigenvalue weighted by molar-refractivity contribution is 0.446. The fourth-order valence-electron chi connectivity index (χ4n) is 2.25. The Kier molecular flexibility index (Phi) is 7.75. The molecule has 1 heteroatoms. The van der Waals surface area contributed by atoms with E-state index in [0.717, 1.165) is 13.0 Å². The molecule has 0 spiro atoms. The quantitative estimate of drug-likeness (QED) is 0.624. The molecule has 1 atom stereocenters. The van der Waals surface area contributed by atoms with Crippen molar-refractivity contribution in [2.45, 2.75) is 71.9 Å². The topological polar surface area (TPSA) is 12.0 Å². The number of rotatable bonds is 9. The largest absolute Gasteiger partial charge is 0.310 e. The SMILES string of the molecule is CCCCCC(CC)NCc1ccc(CC)cc1. The van der Waals surface area contributed by atoms with E-state index in [1.807, 2.05) is 0 Å². The van der Waals surface area contributed by atoms with E-state index in [4.69, 9.17) is 0 Å². The van der Waals surface area contributed by atoms with Crippen LogP contribution in [0.25, 0.3) is 0 Å². The van der Waals surface area contributed by atoms with E-state index in [-0.39, 0.29) is 0 Å². The van der Waals surface area contributed by atoms with Crippen molar-refractivity contribution in [3.05, 3.63) is 35.4 Å². The van der Waals surface area contributed by atoms with Crippen LogP contribution in [0.5, 0.6) is 0 Å². The molecule has 1 unspecified atom stereocenters. The summed E-state index contributed by atoms with van der Waals surface area (Å²) in [4.78, 5) is 0. The minimum Gasteiger partial charge on any atom is -0.310 e. The van der Waals surface area contributed by atoms with Gasteiger partial charge < -0.3 is 5.32 Å². The third-order valence-corrected chi connectivity index (χ3v) is 3.68. The standard InChI is InChI=1S/C17H29N/c1-4-7-8-9-17(6-3)18-14-16-12-10-15(5-2)11-13-16/h10-13,17-18H,4-9,14H2,1-3H3. The highest BCUT2D eigenvalue weighted by Crippen LogP contribution is 2.09. The lowest BCUT2D eigenvalue weighted by Gasteiger charge is -2.17. The number of hydrogen-bond acceptors (Lipinski definition) is 1. The van der Waals surface area contributed by atoms with Gasteiger partial charge in [0.15, 0.2) is 0 Å². The molecule has 0 heterocycles. The normalized spacial score (nSPS) is 12.6. The average molecular weight is 247 g/mol. The molecule has 0 radical (unpaired) electrons. The Morgan fingerprint density at radius 1 is 0.944 bits per heavy atom. The highest BCUT2D eigenvalue weighted by Gasteiger charge is 2.04. The summed E-state index contributed by atoms with van der Waals surface area (Å²) in [5, 5.41) is 3.68. The number of nitrogens with one attached hydrogen (secondary N) is 1. The molecular weight excluding hydrogens is 218 g/mol. The van der Waals surface area contributed by atoms with Crippen LogP contribution in [-0.4, -0.2) is 6.04 Å². The predicted octanol–water partition coefficient (Wildman–Crippen LogP) is 4.70. The van der Waals surface area contributed by atoms with Crippen molar-refractivity contribution < 1.29 is 0 Å². The van der Waals surface area contributed by atoms with Gasteiger partial charge in [0.1, 0.15) is 0 Å². The van der Waals surface area contributed by atoms with Crippen molar-refractivity contribution in [1.82, 2.24) is 5.32 Å². The number of aryl methyl sites for hydroxylation is 1. The Bertz CT molecular complexity index is 302. The van der Waals surface area contributed by atoms with E-state index < -0.39 is 0 Å². The predicted molar refractivity (Wildman–Crippen MR) is 80.9 cm³/mol. The number of unbranched alkanes of at least 4 members (excludes halogenated alkanes) is 2. The highest BCUT2D eigenvalue weighted by molar-refractivity contribution is 5.22. The molecule has 1 aromatic rings. The maximum absolute atomic E-state index is 3.68. The summed E-state index contributed by atoms with van der Waals surface area (Å²) in [6.45, 7) is 7.76. The van der Waals surface area contributed by atoms with Gasteiger partial charge in [-0.25, -0.2) is 0 Å². The summed E-state index contributed by atoms with van der Waals surface area (Å²) in [6, 6.07) is 9.68. The first kappa shape index (κ1) is 15.2. The summed E-state index contributed by atoms with van der Waals surface area (Å²) < 4.78 is 0. The summed E-state index contributed by atoms with van der Waals surface area (Å²) >= 11 is 0. The molecule has 0 fully saturated rings. The maximum Gasteiger partial charge on any atom is 0.0208 e. The molecule has 0 aliphatic rings. The van der Waals surface area contributed by atoms with Gasteiger partial charge in [-0.1, -0.05) is 64.3 Å². The molecule has 102 valence electrons. The highest BCUT2D eigenvalue weighted by atomic mass is 14.9. The van der Waals surface area contributed by atoms with Gasteiger partial charge in [-0.3, -0.25) is 0 Å². The molecule has 1 nitrogen and oxygen atoms in total. The van der Waals surface area contributed by atoms with Gasteiger partial charge in [0, 0.05) is 12.6 Å². The average Bonchev–Trinajstić information content (AvgIpc) is 2.43. The molecule has 0 aliphatic heterocycles. The molecule has 1 N–H and O–H groups in total. The zero-order valence-corrected chi connectivity index (χ0v) is 12.3. The molecule has 0 amide bonds. The van der Waals surface area contributed by atoms with Crippen molar-refractivity contribution in [3.63, 3.8) is 0 Å². The van der Waals surface area contributed by atoms with Gasteiger partial charge in [0.25, 0.3) is 0 Å². The maximum atomic E-state index is 3.68. The lowest BCUT2D eigenvalue weighted by Crippen LogP contribution is -2.27. The summed E-state index contributed by atoms with van der Waals surface area (Å²) in [5.41, 5.74) is 2.83. The Hall–Kier alpha value is -0.820. The van der Waals surface area contributed by atoms with Gasteiger partial charge in [-0.05, 0) is 30.4 Å². The molecule has 0 aliphatic carbocycles. The van der Waals surface area contributed by atoms with Crippen molar-refractivity contribution >= 4 is 0 Å². The van der Waals surface area contributed by atoms with E-state index in [1.54, 1.807) is 0 Å². The third-order valence-electron chi connectivity index (χ3n) is 3.68. The van der Waals surface area contributed by atoms with Crippen LogP contribution in [0.3, 0.4) is 0 Å². The second-order valence-corrected chi connectivity index (χ2v) is 5.15. The zero-order valence-electron chi connectivity index (χ0n) is 12.3. The summed E-state index contributed by atoms with van der Waals surface area (Å²) in [7, 11) is 0.